The zero-order valence-electron chi connectivity index (χ0n) is 52.8. The molecule has 0 rings (SSSR count). The van der Waals surface area contributed by atoms with E-state index >= 15 is 0 Å². The van der Waals surface area contributed by atoms with Crippen molar-refractivity contribution in [1.82, 2.24) is 0 Å². The first kappa shape index (κ1) is 75.4. The lowest BCUT2D eigenvalue weighted by Gasteiger charge is -2.18. The second-order valence-corrected chi connectivity index (χ2v) is 24.5. The van der Waals surface area contributed by atoms with Crippen LogP contribution in [0.4, 0.5) is 0 Å². The number of carbonyl (C=O) groups excluding carboxylic acids is 3. The Morgan fingerprint density at radius 2 is 0.351 bits per heavy atom. The summed E-state index contributed by atoms with van der Waals surface area (Å²) in [5.41, 5.74) is 0. The molecule has 0 saturated heterocycles. The Balaban J connectivity index is 4.25. The molecule has 0 aliphatic rings. The molecule has 0 saturated carbocycles. The maximum Gasteiger partial charge on any atom is 0.306 e. The van der Waals surface area contributed by atoms with E-state index in [0.717, 1.165) is 57.8 Å². The minimum Gasteiger partial charge on any atom is -0.462 e. The van der Waals surface area contributed by atoms with Crippen molar-refractivity contribution < 1.29 is 28.6 Å². The summed E-state index contributed by atoms with van der Waals surface area (Å²) in [5, 5.41) is 0. The largest absolute Gasteiger partial charge is 0.462 e. The summed E-state index contributed by atoms with van der Waals surface area (Å²) in [5.74, 6) is -0.817. The Bertz CT molecular complexity index is 1160. The van der Waals surface area contributed by atoms with Crippen molar-refractivity contribution >= 4 is 17.9 Å². The molecule has 0 amide bonds. The van der Waals surface area contributed by atoms with Crippen molar-refractivity contribution in [2.75, 3.05) is 13.2 Å². The molecular formula is C71H138O6. The maximum atomic E-state index is 13.0. The molecule has 0 aromatic rings. The van der Waals surface area contributed by atoms with Gasteiger partial charge in [0.1, 0.15) is 13.2 Å². The van der Waals surface area contributed by atoms with Gasteiger partial charge in [-0.1, -0.05) is 380 Å². The number of hydrogen-bond acceptors (Lipinski definition) is 6. The van der Waals surface area contributed by atoms with Crippen LogP contribution in [0, 0.1) is 0 Å². The van der Waals surface area contributed by atoms with Crippen LogP contribution < -0.4 is 0 Å². The highest BCUT2D eigenvalue weighted by Crippen LogP contribution is 2.19. The summed E-state index contributed by atoms with van der Waals surface area (Å²) in [4.78, 5) is 38.5. The van der Waals surface area contributed by atoms with Gasteiger partial charge in [-0.05, 0) is 19.3 Å². The molecule has 77 heavy (non-hydrogen) atoms. The fourth-order valence-corrected chi connectivity index (χ4v) is 11.3. The van der Waals surface area contributed by atoms with Gasteiger partial charge in [-0.15, -0.1) is 0 Å². The Labute approximate surface area is 482 Å². The number of rotatable bonds is 67. The topological polar surface area (TPSA) is 78.9 Å². The zero-order chi connectivity index (χ0) is 55.7. The number of hydrogen-bond donors (Lipinski definition) is 0. The fraction of sp³-hybridized carbons (Fsp3) is 0.958. The molecule has 458 valence electrons. The predicted octanol–water partition coefficient (Wildman–Crippen LogP) is 24.2. The average molecular weight is 1090 g/mol. The van der Waals surface area contributed by atoms with Gasteiger partial charge in [-0.25, -0.2) is 0 Å². The van der Waals surface area contributed by atoms with Crippen molar-refractivity contribution in [3.63, 3.8) is 0 Å². The molecule has 0 bridgehead atoms. The third kappa shape index (κ3) is 65.1. The van der Waals surface area contributed by atoms with Crippen molar-refractivity contribution in [2.24, 2.45) is 0 Å². The van der Waals surface area contributed by atoms with Crippen LogP contribution in [0.5, 0.6) is 0 Å². The standard InChI is InChI=1S/C71H138O6/c1-4-7-10-13-16-19-22-25-28-31-33-35-36-38-40-43-46-49-52-55-58-61-64-70(73)76-67-68(66-75-69(72)63-60-57-54-51-48-45-42-39-30-27-24-21-18-15-12-9-6-3)77-71(74)65-62-59-56-53-50-47-44-41-37-34-32-29-26-23-20-17-14-11-8-5-2/h68H,4-67H2,1-3H3. The van der Waals surface area contributed by atoms with Gasteiger partial charge in [0, 0.05) is 19.3 Å². The minimum absolute atomic E-state index is 0.0600. The van der Waals surface area contributed by atoms with Crippen LogP contribution in [0.3, 0.4) is 0 Å². The van der Waals surface area contributed by atoms with Crippen LogP contribution in [0.15, 0.2) is 0 Å². The van der Waals surface area contributed by atoms with Gasteiger partial charge in [-0.3, -0.25) is 14.4 Å². The van der Waals surface area contributed by atoms with Crippen molar-refractivity contribution in [2.45, 2.75) is 425 Å². The van der Waals surface area contributed by atoms with Gasteiger partial charge in [-0.2, -0.15) is 0 Å². The first-order valence-electron chi connectivity index (χ1n) is 35.5. The predicted molar refractivity (Wildman–Crippen MR) is 335 cm³/mol. The van der Waals surface area contributed by atoms with Gasteiger partial charge in [0.2, 0.25) is 0 Å². The van der Waals surface area contributed by atoms with E-state index in [2.05, 4.69) is 20.8 Å². The summed E-state index contributed by atoms with van der Waals surface area (Å²) in [6.45, 7) is 6.75. The first-order valence-corrected chi connectivity index (χ1v) is 35.5. The van der Waals surface area contributed by atoms with Gasteiger partial charge >= 0.3 is 17.9 Å². The molecule has 0 heterocycles. The van der Waals surface area contributed by atoms with E-state index in [1.165, 1.54) is 321 Å². The van der Waals surface area contributed by atoms with Crippen LogP contribution >= 0.6 is 0 Å². The van der Waals surface area contributed by atoms with E-state index in [1.54, 1.807) is 0 Å². The average Bonchev–Trinajstić information content (AvgIpc) is 3.43. The molecule has 0 fully saturated rings. The van der Waals surface area contributed by atoms with E-state index in [-0.39, 0.29) is 31.1 Å². The lowest BCUT2D eigenvalue weighted by Crippen LogP contribution is -2.30. The molecule has 0 spiro atoms. The van der Waals surface area contributed by atoms with Gasteiger partial charge in [0.05, 0.1) is 0 Å². The highest BCUT2D eigenvalue weighted by Gasteiger charge is 2.19. The second-order valence-electron chi connectivity index (χ2n) is 24.5. The van der Waals surface area contributed by atoms with Crippen LogP contribution in [-0.4, -0.2) is 37.2 Å². The number of ether oxygens (including phenoxy) is 3. The number of esters is 3. The Hall–Kier alpha value is -1.59. The third-order valence-corrected chi connectivity index (χ3v) is 16.6. The number of unbranched alkanes of at least 4 members (excludes halogenated alkanes) is 56. The van der Waals surface area contributed by atoms with Gasteiger partial charge in [0.25, 0.3) is 0 Å². The lowest BCUT2D eigenvalue weighted by atomic mass is 10.0. The fourth-order valence-electron chi connectivity index (χ4n) is 11.3. The highest BCUT2D eigenvalue weighted by molar-refractivity contribution is 5.71. The summed E-state index contributed by atoms with van der Waals surface area (Å²) in [6, 6.07) is 0. The zero-order valence-corrected chi connectivity index (χ0v) is 52.8. The van der Waals surface area contributed by atoms with Crippen molar-refractivity contribution in [3.05, 3.63) is 0 Å². The molecule has 1 atom stereocenters. The smallest absolute Gasteiger partial charge is 0.306 e. The first-order chi connectivity index (χ1) is 38.0. The summed E-state index contributed by atoms with van der Waals surface area (Å²) in [7, 11) is 0. The van der Waals surface area contributed by atoms with E-state index in [0.29, 0.717) is 19.3 Å². The van der Waals surface area contributed by atoms with Crippen LogP contribution in [-0.2, 0) is 28.6 Å². The Morgan fingerprint density at radius 3 is 0.519 bits per heavy atom. The van der Waals surface area contributed by atoms with Crippen LogP contribution in [0.2, 0.25) is 0 Å². The number of carbonyl (C=O) groups is 3. The molecule has 0 N–H and O–H groups in total. The maximum absolute atomic E-state index is 13.0. The Morgan fingerprint density at radius 1 is 0.208 bits per heavy atom. The molecule has 6 heteroatoms. The SMILES string of the molecule is CCCCCCCCCCCCCCCCCCCCCCCCC(=O)OCC(COC(=O)CCCCCCCCCCCCCCCCCCC)OC(=O)CCCCCCCCCCCCCCCCCCCCCC. The molecule has 0 aromatic heterocycles. The molecular weight excluding hydrogens is 949 g/mol. The third-order valence-electron chi connectivity index (χ3n) is 16.6. The lowest BCUT2D eigenvalue weighted by molar-refractivity contribution is -0.167. The van der Waals surface area contributed by atoms with Gasteiger partial charge < -0.3 is 14.2 Å². The highest BCUT2D eigenvalue weighted by atomic mass is 16.6. The van der Waals surface area contributed by atoms with Crippen molar-refractivity contribution in [3.8, 4) is 0 Å². The van der Waals surface area contributed by atoms with E-state index in [9.17, 15) is 14.4 Å². The molecule has 6 nitrogen and oxygen atoms in total. The molecule has 0 aliphatic carbocycles. The van der Waals surface area contributed by atoms with Gasteiger partial charge in [0.15, 0.2) is 6.10 Å². The molecule has 0 aromatic carbocycles. The normalized spacial score (nSPS) is 11.9. The minimum atomic E-state index is -0.763. The van der Waals surface area contributed by atoms with Crippen LogP contribution in [0.1, 0.15) is 419 Å². The molecule has 1 unspecified atom stereocenters. The van der Waals surface area contributed by atoms with E-state index in [4.69, 9.17) is 14.2 Å². The summed E-state index contributed by atoms with van der Waals surface area (Å²) in [6.07, 6.45) is 78.4. The van der Waals surface area contributed by atoms with E-state index < -0.39 is 6.10 Å². The Kier molecular flexibility index (Phi) is 65.5. The monoisotopic (exact) mass is 1090 g/mol. The van der Waals surface area contributed by atoms with Crippen molar-refractivity contribution in [1.29, 1.82) is 0 Å². The summed E-state index contributed by atoms with van der Waals surface area (Å²) >= 11 is 0. The molecule has 0 radical (unpaired) electrons. The summed E-state index contributed by atoms with van der Waals surface area (Å²) < 4.78 is 17.0. The quantitative estimate of drug-likeness (QED) is 0.0343. The molecule has 0 aliphatic heterocycles. The van der Waals surface area contributed by atoms with E-state index in [1.807, 2.05) is 0 Å². The van der Waals surface area contributed by atoms with Crippen LogP contribution in [0.25, 0.3) is 0 Å². The second kappa shape index (κ2) is 66.9.